The van der Waals surface area contributed by atoms with Crippen molar-refractivity contribution in [2.75, 3.05) is 13.4 Å². The van der Waals surface area contributed by atoms with Gasteiger partial charge in [-0.25, -0.2) is 0 Å². The molecule has 1 saturated carbocycles. The Kier molecular flexibility index (Phi) is 5.75. The molecule has 0 atom stereocenters. The molecule has 0 unspecified atom stereocenters. The van der Waals surface area contributed by atoms with Gasteiger partial charge < -0.3 is 10.1 Å². The molecule has 108 valence electrons. The number of ether oxygens (including phenoxy) is 1. The van der Waals surface area contributed by atoms with E-state index in [4.69, 9.17) is 10.00 Å². The Morgan fingerprint density at radius 2 is 2.10 bits per heavy atom. The molecule has 1 aromatic carbocycles. The molecule has 1 N–H and O–H groups in total. The van der Waals surface area contributed by atoms with Crippen molar-refractivity contribution in [3.05, 3.63) is 29.3 Å². The number of rotatable bonds is 5. The molecule has 0 aromatic heterocycles. The van der Waals surface area contributed by atoms with Gasteiger partial charge in [0.15, 0.2) is 0 Å². The van der Waals surface area contributed by atoms with Crippen molar-refractivity contribution in [1.82, 2.24) is 5.32 Å². The minimum atomic E-state index is 0.592. The molecule has 0 spiro atoms. The van der Waals surface area contributed by atoms with Gasteiger partial charge in [0.2, 0.25) is 0 Å². The van der Waals surface area contributed by atoms with Gasteiger partial charge in [0, 0.05) is 23.4 Å². The zero-order valence-corrected chi connectivity index (χ0v) is 13.0. The van der Waals surface area contributed by atoms with E-state index in [0.717, 1.165) is 23.1 Å². The van der Waals surface area contributed by atoms with Gasteiger partial charge in [-0.1, -0.05) is 0 Å². The average Bonchev–Trinajstić information content (AvgIpc) is 2.53. The van der Waals surface area contributed by atoms with Gasteiger partial charge in [0.25, 0.3) is 0 Å². The van der Waals surface area contributed by atoms with Crippen LogP contribution in [-0.4, -0.2) is 24.7 Å². The van der Waals surface area contributed by atoms with Crippen molar-refractivity contribution in [3.8, 4) is 11.8 Å². The third-order valence-corrected chi connectivity index (χ3v) is 5.14. The van der Waals surface area contributed by atoms with Crippen LogP contribution in [0.5, 0.6) is 5.75 Å². The van der Waals surface area contributed by atoms with Crippen LogP contribution >= 0.6 is 11.8 Å². The number of nitriles is 1. The van der Waals surface area contributed by atoms with Crippen LogP contribution in [0.3, 0.4) is 0 Å². The maximum Gasteiger partial charge on any atom is 0.123 e. The smallest absolute Gasteiger partial charge is 0.123 e. The molecular formula is C16H22N2OS. The lowest BCUT2D eigenvalue weighted by molar-refractivity contribution is 0.370. The molecule has 20 heavy (non-hydrogen) atoms. The second-order valence-electron chi connectivity index (χ2n) is 5.23. The number of hydrogen-bond donors (Lipinski definition) is 1. The van der Waals surface area contributed by atoms with Crippen molar-refractivity contribution < 1.29 is 4.74 Å². The summed E-state index contributed by atoms with van der Waals surface area (Å²) in [5.74, 6) is 0.856. The summed E-state index contributed by atoms with van der Waals surface area (Å²) in [6.07, 6.45) is 7.29. The fraction of sp³-hybridized carbons (Fsp3) is 0.562. The topological polar surface area (TPSA) is 45.0 Å². The monoisotopic (exact) mass is 290 g/mol. The number of nitrogens with one attached hydrogen (secondary N) is 1. The maximum absolute atomic E-state index is 8.99. The minimum absolute atomic E-state index is 0.592. The molecule has 1 aromatic rings. The van der Waals surface area contributed by atoms with Crippen LogP contribution in [0.1, 0.15) is 36.8 Å². The summed E-state index contributed by atoms with van der Waals surface area (Å²) in [7, 11) is 1.68. The van der Waals surface area contributed by atoms with E-state index in [1.54, 1.807) is 13.2 Å². The molecule has 0 radical (unpaired) electrons. The minimum Gasteiger partial charge on any atom is -0.496 e. The van der Waals surface area contributed by atoms with Gasteiger partial charge in [-0.2, -0.15) is 17.0 Å². The maximum atomic E-state index is 8.99. The predicted molar refractivity (Wildman–Crippen MR) is 84.1 cm³/mol. The molecule has 3 nitrogen and oxygen atoms in total. The lowest BCUT2D eigenvalue weighted by Crippen LogP contribution is -2.33. The molecule has 1 aliphatic rings. The average molecular weight is 290 g/mol. The van der Waals surface area contributed by atoms with Gasteiger partial charge in [-0.15, -0.1) is 0 Å². The number of nitrogens with zero attached hydrogens (tertiary/aromatic N) is 1. The largest absolute Gasteiger partial charge is 0.496 e. The summed E-state index contributed by atoms with van der Waals surface area (Å²) in [6, 6.07) is 8.36. The lowest BCUT2D eigenvalue weighted by Gasteiger charge is -2.28. The van der Waals surface area contributed by atoms with E-state index >= 15 is 0 Å². The first-order valence-electron chi connectivity index (χ1n) is 7.10. The molecule has 0 amide bonds. The molecule has 0 bridgehead atoms. The molecule has 1 fully saturated rings. The molecule has 0 saturated heterocycles. The Bertz CT molecular complexity index is 476. The molecule has 1 aliphatic carbocycles. The van der Waals surface area contributed by atoms with E-state index in [1.807, 2.05) is 23.9 Å². The summed E-state index contributed by atoms with van der Waals surface area (Å²) >= 11 is 1.99. The number of hydrogen-bond acceptors (Lipinski definition) is 4. The first-order valence-corrected chi connectivity index (χ1v) is 8.38. The van der Waals surface area contributed by atoms with Crippen LogP contribution in [0.25, 0.3) is 0 Å². The van der Waals surface area contributed by atoms with Crippen LogP contribution < -0.4 is 10.1 Å². The van der Waals surface area contributed by atoms with Gasteiger partial charge in [-0.05, 0) is 50.1 Å². The second kappa shape index (κ2) is 7.56. The Hall–Kier alpha value is -1.18. The van der Waals surface area contributed by atoms with Gasteiger partial charge in [0.1, 0.15) is 5.75 Å². The van der Waals surface area contributed by atoms with Crippen molar-refractivity contribution in [2.24, 2.45) is 0 Å². The SMILES string of the molecule is COc1ccc(C#N)cc1CNC1CCC(SC)CC1. The second-order valence-corrected chi connectivity index (χ2v) is 6.37. The van der Waals surface area contributed by atoms with E-state index in [-0.39, 0.29) is 0 Å². The van der Waals surface area contributed by atoms with E-state index in [9.17, 15) is 0 Å². The van der Waals surface area contributed by atoms with Gasteiger partial charge in [0.05, 0.1) is 18.7 Å². The van der Waals surface area contributed by atoms with Crippen molar-refractivity contribution >= 4 is 11.8 Å². The Morgan fingerprint density at radius 1 is 1.35 bits per heavy atom. The zero-order valence-electron chi connectivity index (χ0n) is 12.2. The Morgan fingerprint density at radius 3 is 2.70 bits per heavy atom. The predicted octanol–water partition coefficient (Wildman–Crippen LogP) is 3.33. The van der Waals surface area contributed by atoms with E-state index < -0.39 is 0 Å². The van der Waals surface area contributed by atoms with Crippen LogP contribution in [0, 0.1) is 11.3 Å². The highest BCUT2D eigenvalue weighted by Crippen LogP contribution is 2.27. The van der Waals surface area contributed by atoms with E-state index in [0.29, 0.717) is 11.6 Å². The fourth-order valence-corrected chi connectivity index (χ4v) is 3.49. The number of thioether (sulfide) groups is 1. The summed E-state index contributed by atoms with van der Waals surface area (Å²) in [5.41, 5.74) is 1.76. The molecule has 2 rings (SSSR count). The first kappa shape index (κ1) is 15.2. The molecule has 0 aliphatic heterocycles. The van der Waals surface area contributed by atoms with Crippen molar-refractivity contribution in [2.45, 2.75) is 43.5 Å². The van der Waals surface area contributed by atoms with Gasteiger partial charge >= 0.3 is 0 Å². The zero-order chi connectivity index (χ0) is 14.4. The van der Waals surface area contributed by atoms with Crippen LogP contribution in [0.2, 0.25) is 0 Å². The highest BCUT2D eigenvalue weighted by atomic mass is 32.2. The van der Waals surface area contributed by atoms with Crippen LogP contribution in [0.4, 0.5) is 0 Å². The molecule has 4 heteroatoms. The standard InChI is InChI=1S/C16H22N2OS/c1-19-16-8-3-12(10-17)9-13(16)11-18-14-4-6-15(20-2)7-5-14/h3,8-9,14-15,18H,4-7,11H2,1-2H3. The normalized spacial score (nSPS) is 22.2. The number of methoxy groups -OCH3 is 1. The third-order valence-electron chi connectivity index (χ3n) is 4.00. The molecular weight excluding hydrogens is 268 g/mol. The molecule has 0 heterocycles. The van der Waals surface area contributed by atoms with Crippen LogP contribution in [0.15, 0.2) is 18.2 Å². The summed E-state index contributed by atoms with van der Waals surface area (Å²) in [4.78, 5) is 0. The van der Waals surface area contributed by atoms with Crippen LogP contribution in [-0.2, 0) is 6.54 Å². The van der Waals surface area contributed by atoms with Gasteiger partial charge in [-0.3, -0.25) is 0 Å². The summed E-state index contributed by atoms with van der Waals surface area (Å²) in [5, 5.41) is 13.4. The van der Waals surface area contributed by atoms with E-state index in [1.165, 1.54) is 25.7 Å². The Balaban J connectivity index is 1.92. The highest BCUT2D eigenvalue weighted by Gasteiger charge is 2.20. The Labute approximate surface area is 125 Å². The van der Waals surface area contributed by atoms with E-state index in [2.05, 4.69) is 17.6 Å². The first-order chi connectivity index (χ1) is 9.76. The quantitative estimate of drug-likeness (QED) is 0.903. The summed E-state index contributed by atoms with van der Waals surface area (Å²) < 4.78 is 5.37. The fourth-order valence-electron chi connectivity index (χ4n) is 2.74. The van der Waals surface area contributed by atoms with Crippen molar-refractivity contribution in [1.29, 1.82) is 5.26 Å². The van der Waals surface area contributed by atoms with Crippen molar-refractivity contribution in [3.63, 3.8) is 0 Å². The number of benzene rings is 1. The lowest BCUT2D eigenvalue weighted by atomic mass is 9.94. The highest BCUT2D eigenvalue weighted by molar-refractivity contribution is 7.99. The summed E-state index contributed by atoms with van der Waals surface area (Å²) in [6.45, 7) is 0.771. The third kappa shape index (κ3) is 3.91.